The number of hydrogen-bond donors (Lipinski definition) is 2. The molecule has 1 aromatic carbocycles. The second-order valence-electron chi connectivity index (χ2n) is 8.35. The lowest BCUT2D eigenvalue weighted by molar-refractivity contribution is -0.149. The van der Waals surface area contributed by atoms with Crippen LogP contribution < -0.4 is 10.8 Å². The fourth-order valence-corrected chi connectivity index (χ4v) is 4.91. The Hall–Kier alpha value is -2.92. The number of nitrogens with zero attached hydrogens (tertiary/aromatic N) is 4. The molecule has 190 valence electrons. The SMILES string of the molecule is CC(C)OC(=O)[C@H](C)NP(=O)(CO[C@H](C)Cn1cnc2c(N)ncnc21)OCc1cccc(F)c1. The summed E-state index contributed by atoms with van der Waals surface area (Å²) in [5, 5.41) is 2.72. The predicted molar refractivity (Wildman–Crippen MR) is 128 cm³/mol. The number of imidazole rings is 1. The summed E-state index contributed by atoms with van der Waals surface area (Å²) in [6, 6.07) is 4.83. The highest BCUT2D eigenvalue weighted by atomic mass is 31.2. The third kappa shape index (κ3) is 7.53. The molecule has 0 saturated carbocycles. The van der Waals surface area contributed by atoms with Gasteiger partial charge in [-0.25, -0.2) is 24.4 Å². The maximum Gasteiger partial charge on any atom is 0.323 e. The van der Waals surface area contributed by atoms with Crippen molar-refractivity contribution in [1.82, 2.24) is 24.6 Å². The van der Waals surface area contributed by atoms with Crippen molar-refractivity contribution < 1.29 is 27.7 Å². The van der Waals surface area contributed by atoms with Gasteiger partial charge >= 0.3 is 5.97 Å². The van der Waals surface area contributed by atoms with E-state index in [1.54, 1.807) is 37.7 Å². The molecular weight excluding hydrogens is 478 g/mol. The summed E-state index contributed by atoms with van der Waals surface area (Å²) in [6.07, 6.45) is 1.80. The third-order valence-electron chi connectivity index (χ3n) is 4.84. The van der Waals surface area contributed by atoms with Gasteiger partial charge in [0.1, 0.15) is 30.1 Å². The number of nitrogens with one attached hydrogen (secondary N) is 1. The lowest BCUT2D eigenvalue weighted by Gasteiger charge is -2.25. The van der Waals surface area contributed by atoms with Gasteiger partial charge in [0, 0.05) is 0 Å². The molecular formula is C22H30FN6O5P. The van der Waals surface area contributed by atoms with E-state index in [2.05, 4.69) is 20.0 Å². The lowest BCUT2D eigenvalue weighted by Crippen LogP contribution is -2.36. The molecule has 1 unspecified atom stereocenters. The molecule has 0 aliphatic rings. The Morgan fingerprint density at radius 1 is 1.23 bits per heavy atom. The number of fused-ring (bicyclic) bond motifs is 1. The Morgan fingerprint density at radius 3 is 2.71 bits per heavy atom. The molecule has 0 fully saturated rings. The molecule has 0 aliphatic carbocycles. The normalized spacial score (nSPS) is 15.1. The molecule has 2 aromatic heterocycles. The summed E-state index contributed by atoms with van der Waals surface area (Å²) in [6.45, 7) is 6.93. The minimum atomic E-state index is -3.72. The summed E-state index contributed by atoms with van der Waals surface area (Å²) in [7, 11) is -3.72. The molecule has 0 bridgehead atoms. The van der Waals surface area contributed by atoms with Crippen LogP contribution in [0.2, 0.25) is 0 Å². The maximum absolute atomic E-state index is 13.6. The molecule has 3 rings (SSSR count). The molecule has 3 N–H and O–H groups in total. The zero-order valence-electron chi connectivity index (χ0n) is 20.1. The minimum absolute atomic E-state index is 0.145. The van der Waals surface area contributed by atoms with Gasteiger partial charge in [0.15, 0.2) is 11.5 Å². The highest BCUT2D eigenvalue weighted by molar-refractivity contribution is 7.56. The van der Waals surface area contributed by atoms with Crippen molar-refractivity contribution in [2.45, 2.75) is 59.1 Å². The number of anilines is 1. The molecule has 0 aliphatic heterocycles. The molecule has 11 nitrogen and oxygen atoms in total. The van der Waals surface area contributed by atoms with Gasteiger partial charge in [-0.2, -0.15) is 0 Å². The standard InChI is InChI=1S/C22H30FN6O5P/c1-14(2)34-22(30)16(4)28-35(31,33-10-17-6-5-7-18(23)8-17)13-32-15(3)9-29-12-27-19-20(24)25-11-26-21(19)29/h5-8,11-12,14-16H,9-10,13H2,1-4H3,(H,28,31)(H2,24,25,26)/t15-,16+,35?/m1/s1. The van der Waals surface area contributed by atoms with E-state index in [1.807, 2.05) is 0 Å². The van der Waals surface area contributed by atoms with Gasteiger partial charge in [-0.15, -0.1) is 0 Å². The molecule has 3 atom stereocenters. The molecule has 0 amide bonds. The number of nitrogen functional groups attached to an aromatic ring is 1. The Labute approximate surface area is 202 Å². The zero-order chi connectivity index (χ0) is 25.6. The van der Waals surface area contributed by atoms with Crippen LogP contribution in [0.25, 0.3) is 11.2 Å². The van der Waals surface area contributed by atoms with Crippen LogP contribution in [-0.2, 0) is 36.5 Å². The van der Waals surface area contributed by atoms with E-state index in [9.17, 15) is 13.8 Å². The van der Waals surface area contributed by atoms with E-state index in [-0.39, 0.29) is 24.9 Å². The number of halogens is 1. The minimum Gasteiger partial charge on any atom is -0.462 e. The first-order valence-corrected chi connectivity index (χ1v) is 12.9. The van der Waals surface area contributed by atoms with Gasteiger partial charge in [0.25, 0.3) is 7.52 Å². The van der Waals surface area contributed by atoms with Gasteiger partial charge in [0.2, 0.25) is 0 Å². The molecule has 0 saturated heterocycles. The number of carbonyl (C=O) groups excluding carboxylic acids is 1. The van der Waals surface area contributed by atoms with Gasteiger partial charge in [-0.3, -0.25) is 9.36 Å². The van der Waals surface area contributed by atoms with Gasteiger partial charge in [0.05, 0.1) is 31.7 Å². The van der Waals surface area contributed by atoms with Crippen molar-refractivity contribution in [2.75, 3.05) is 12.1 Å². The average Bonchev–Trinajstić information content (AvgIpc) is 3.20. The predicted octanol–water partition coefficient (Wildman–Crippen LogP) is 3.25. The van der Waals surface area contributed by atoms with Crippen molar-refractivity contribution in [2.24, 2.45) is 0 Å². The molecule has 13 heteroatoms. The van der Waals surface area contributed by atoms with Gasteiger partial charge < -0.3 is 24.3 Å². The fraction of sp³-hybridized carbons (Fsp3) is 0.455. The number of rotatable bonds is 12. The van der Waals surface area contributed by atoms with Crippen LogP contribution >= 0.6 is 7.52 Å². The molecule has 3 aromatic rings. The largest absolute Gasteiger partial charge is 0.462 e. The molecule has 2 heterocycles. The third-order valence-corrected chi connectivity index (χ3v) is 6.65. The van der Waals surface area contributed by atoms with E-state index in [0.29, 0.717) is 23.3 Å². The van der Waals surface area contributed by atoms with E-state index in [0.717, 1.165) is 0 Å². The Bertz CT molecular complexity index is 1210. The Kier molecular flexibility index (Phi) is 8.90. The van der Waals surface area contributed by atoms with Crippen LogP contribution in [-0.4, -0.2) is 50.1 Å². The number of esters is 1. The molecule has 0 spiro atoms. The Morgan fingerprint density at radius 2 is 2.00 bits per heavy atom. The van der Waals surface area contributed by atoms with Gasteiger partial charge in [-0.05, 0) is 45.4 Å². The second-order valence-corrected chi connectivity index (χ2v) is 10.5. The fourth-order valence-electron chi connectivity index (χ4n) is 3.19. The first-order valence-electron chi connectivity index (χ1n) is 11.1. The quantitative estimate of drug-likeness (QED) is 0.276. The Balaban J connectivity index is 1.68. The van der Waals surface area contributed by atoms with Crippen LogP contribution in [0.5, 0.6) is 0 Å². The van der Waals surface area contributed by atoms with E-state index in [1.165, 1.54) is 31.5 Å². The van der Waals surface area contributed by atoms with E-state index < -0.39 is 31.5 Å². The van der Waals surface area contributed by atoms with Crippen molar-refractivity contribution >= 4 is 30.5 Å². The first kappa shape index (κ1) is 26.7. The summed E-state index contributed by atoms with van der Waals surface area (Å²) in [4.78, 5) is 24.6. The van der Waals surface area contributed by atoms with Crippen LogP contribution in [0.1, 0.15) is 33.3 Å². The number of carbonyl (C=O) groups is 1. The topological polar surface area (TPSA) is 143 Å². The number of ether oxygens (including phenoxy) is 2. The number of nitrogens with two attached hydrogens (primary N) is 1. The van der Waals surface area contributed by atoms with Crippen LogP contribution in [0, 0.1) is 5.82 Å². The van der Waals surface area contributed by atoms with E-state index >= 15 is 0 Å². The zero-order valence-corrected chi connectivity index (χ0v) is 20.9. The highest BCUT2D eigenvalue weighted by Gasteiger charge is 2.31. The second kappa shape index (κ2) is 11.7. The summed E-state index contributed by atoms with van der Waals surface area (Å²) in [5.41, 5.74) is 7.33. The summed E-state index contributed by atoms with van der Waals surface area (Å²) >= 11 is 0. The molecule has 35 heavy (non-hydrogen) atoms. The maximum atomic E-state index is 13.6. The smallest absolute Gasteiger partial charge is 0.323 e. The van der Waals surface area contributed by atoms with Crippen molar-refractivity contribution in [1.29, 1.82) is 0 Å². The monoisotopic (exact) mass is 508 g/mol. The summed E-state index contributed by atoms with van der Waals surface area (Å²) in [5.74, 6) is -0.751. The van der Waals surface area contributed by atoms with Crippen LogP contribution in [0.15, 0.2) is 36.9 Å². The van der Waals surface area contributed by atoms with Crippen LogP contribution in [0.4, 0.5) is 10.2 Å². The first-order chi connectivity index (χ1) is 16.6. The van der Waals surface area contributed by atoms with Crippen molar-refractivity contribution in [3.63, 3.8) is 0 Å². The lowest BCUT2D eigenvalue weighted by atomic mass is 10.2. The van der Waals surface area contributed by atoms with Gasteiger partial charge in [-0.1, -0.05) is 12.1 Å². The molecule has 0 radical (unpaired) electrons. The van der Waals surface area contributed by atoms with Crippen molar-refractivity contribution in [3.05, 3.63) is 48.3 Å². The number of aromatic nitrogens is 4. The number of hydrogen-bond acceptors (Lipinski definition) is 9. The average molecular weight is 508 g/mol. The van der Waals surface area contributed by atoms with Crippen molar-refractivity contribution in [3.8, 4) is 0 Å². The van der Waals surface area contributed by atoms with E-state index in [4.69, 9.17) is 19.7 Å². The van der Waals surface area contributed by atoms with Crippen LogP contribution in [0.3, 0.4) is 0 Å². The number of benzene rings is 1. The highest BCUT2D eigenvalue weighted by Crippen LogP contribution is 2.44. The summed E-state index contributed by atoms with van der Waals surface area (Å²) < 4.78 is 45.6.